The first-order valence-corrected chi connectivity index (χ1v) is 5.55. The molecule has 0 aliphatic heterocycles. The molecule has 18 heavy (non-hydrogen) atoms. The van der Waals surface area contributed by atoms with Gasteiger partial charge in [-0.05, 0) is 30.2 Å². The molecule has 1 aromatic heterocycles. The first-order chi connectivity index (χ1) is 8.58. The summed E-state index contributed by atoms with van der Waals surface area (Å²) >= 11 is 0. The van der Waals surface area contributed by atoms with E-state index >= 15 is 0 Å². The van der Waals surface area contributed by atoms with Gasteiger partial charge in [-0.3, -0.25) is 4.79 Å². The molecular weight excluding hydrogens is 230 g/mol. The van der Waals surface area contributed by atoms with Crippen molar-refractivity contribution in [2.24, 2.45) is 0 Å². The summed E-state index contributed by atoms with van der Waals surface area (Å²) in [5, 5.41) is 4.08. The highest BCUT2D eigenvalue weighted by Gasteiger charge is 2.03. The zero-order chi connectivity index (χ0) is 13.1. The van der Waals surface area contributed by atoms with Crippen LogP contribution in [0.25, 0.3) is 0 Å². The lowest BCUT2D eigenvalue weighted by atomic mass is 10.2. The number of aryl methyl sites for hydroxylation is 1. The Morgan fingerprint density at radius 1 is 1.33 bits per heavy atom. The number of hydrogen-bond donors (Lipinski definition) is 1. The highest BCUT2D eigenvalue weighted by Crippen LogP contribution is 2.18. The van der Waals surface area contributed by atoms with Crippen molar-refractivity contribution in [1.82, 2.24) is 9.78 Å². The van der Waals surface area contributed by atoms with Crippen LogP contribution in [0.5, 0.6) is 5.75 Å². The summed E-state index contributed by atoms with van der Waals surface area (Å²) in [5.74, 6) is 0.671. The molecule has 2 rings (SSSR count). The number of hydrogen-bond acceptors (Lipinski definition) is 4. The maximum absolute atomic E-state index is 11.7. The van der Waals surface area contributed by atoms with E-state index in [0.29, 0.717) is 18.0 Å². The van der Waals surface area contributed by atoms with Crippen LogP contribution in [0.4, 0.5) is 5.69 Å². The van der Waals surface area contributed by atoms with Crippen molar-refractivity contribution in [1.29, 1.82) is 0 Å². The van der Waals surface area contributed by atoms with Gasteiger partial charge in [0.05, 0.1) is 19.9 Å². The summed E-state index contributed by atoms with van der Waals surface area (Å²) in [7, 11) is 1.58. The zero-order valence-corrected chi connectivity index (χ0v) is 10.4. The second-order valence-electron chi connectivity index (χ2n) is 4.14. The van der Waals surface area contributed by atoms with Crippen molar-refractivity contribution in [3.8, 4) is 5.75 Å². The van der Waals surface area contributed by atoms with Crippen molar-refractivity contribution in [2.45, 2.75) is 13.5 Å². The minimum Gasteiger partial charge on any atom is -0.497 e. The molecule has 0 aliphatic carbocycles. The second kappa shape index (κ2) is 4.91. The second-order valence-corrected chi connectivity index (χ2v) is 4.14. The molecule has 0 spiro atoms. The van der Waals surface area contributed by atoms with Gasteiger partial charge in [0.2, 0.25) is 0 Å². The standard InChI is InChI=1S/C13H15N3O2/c1-9-3-13(17)16(15-7-9)8-10-4-11(14)6-12(5-10)18-2/h3-7H,8,14H2,1-2H3. The fourth-order valence-corrected chi connectivity index (χ4v) is 1.71. The molecule has 0 radical (unpaired) electrons. The zero-order valence-electron chi connectivity index (χ0n) is 10.4. The van der Waals surface area contributed by atoms with E-state index in [9.17, 15) is 4.79 Å². The largest absolute Gasteiger partial charge is 0.497 e. The van der Waals surface area contributed by atoms with Crippen molar-refractivity contribution >= 4 is 5.69 Å². The highest BCUT2D eigenvalue weighted by atomic mass is 16.5. The first kappa shape index (κ1) is 12.2. The number of rotatable bonds is 3. The summed E-state index contributed by atoms with van der Waals surface area (Å²) in [4.78, 5) is 11.7. The number of nitrogen functional groups attached to an aromatic ring is 1. The van der Waals surface area contributed by atoms with Crippen molar-refractivity contribution in [3.05, 3.63) is 51.9 Å². The number of ether oxygens (including phenoxy) is 1. The average Bonchev–Trinajstić information content (AvgIpc) is 2.32. The van der Waals surface area contributed by atoms with Gasteiger partial charge in [-0.1, -0.05) is 0 Å². The number of methoxy groups -OCH3 is 1. The molecule has 0 aliphatic rings. The quantitative estimate of drug-likeness (QED) is 0.825. The Hall–Kier alpha value is -2.30. The molecule has 5 nitrogen and oxygen atoms in total. The molecule has 2 aromatic rings. The third kappa shape index (κ3) is 2.68. The molecule has 1 aromatic carbocycles. The van der Waals surface area contributed by atoms with Gasteiger partial charge >= 0.3 is 0 Å². The van der Waals surface area contributed by atoms with Gasteiger partial charge in [-0.15, -0.1) is 0 Å². The lowest BCUT2D eigenvalue weighted by Gasteiger charge is -2.08. The van der Waals surface area contributed by atoms with Crippen molar-refractivity contribution in [3.63, 3.8) is 0 Å². The van der Waals surface area contributed by atoms with Crippen LogP contribution in [-0.2, 0) is 6.54 Å². The smallest absolute Gasteiger partial charge is 0.267 e. The first-order valence-electron chi connectivity index (χ1n) is 5.55. The molecule has 2 N–H and O–H groups in total. The summed E-state index contributed by atoms with van der Waals surface area (Å²) < 4.78 is 6.53. The molecule has 0 amide bonds. The fraction of sp³-hybridized carbons (Fsp3) is 0.231. The maximum Gasteiger partial charge on any atom is 0.267 e. The van der Waals surface area contributed by atoms with Crippen LogP contribution in [0.1, 0.15) is 11.1 Å². The van der Waals surface area contributed by atoms with E-state index in [1.165, 1.54) is 4.68 Å². The number of anilines is 1. The van der Waals surface area contributed by atoms with Crippen molar-refractivity contribution < 1.29 is 4.74 Å². The summed E-state index contributed by atoms with van der Waals surface area (Å²) in [6, 6.07) is 6.92. The summed E-state index contributed by atoms with van der Waals surface area (Å²) in [6.07, 6.45) is 1.66. The molecule has 0 saturated heterocycles. The fourth-order valence-electron chi connectivity index (χ4n) is 1.71. The third-order valence-electron chi connectivity index (χ3n) is 2.56. The highest BCUT2D eigenvalue weighted by molar-refractivity contribution is 5.47. The van der Waals surface area contributed by atoms with Gasteiger partial charge in [-0.25, -0.2) is 4.68 Å². The Kier molecular flexibility index (Phi) is 3.32. The van der Waals surface area contributed by atoms with Crippen LogP contribution in [0.15, 0.2) is 35.3 Å². The molecule has 0 unspecified atom stereocenters. The maximum atomic E-state index is 11.7. The van der Waals surface area contributed by atoms with E-state index in [1.807, 2.05) is 13.0 Å². The van der Waals surface area contributed by atoms with E-state index in [-0.39, 0.29) is 5.56 Å². The lowest BCUT2D eigenvalue weighted by Crippen LogP contribution is -2.22. The number of nitrogens with zero attached hydrogens (tertiary/aromatic N) is 2. The Balaban J connectivity index is 2.33. The van der Waals surface area contributed by atoms with E-state index in [1.54, 1.807) is 31.5 Å². The molecule has 0 bridgehead atoms. The predicted octanol–water partition coefficient (Wildman–Crippen LogP) is 1.19. The Morgan fingerprint density at radius 2 is 2.11 bits per heavy atom. The topological polar surface area (TPSA) is 70.1 Å². The van der Waals surface area contributed by atoms with E-state index in [0.717, 1.165) is 11.1 Å². The number of benzene rings is 1. The summed E-state index contributed by atoms with van der Waals surface area (Å²) in [6.45, 7) is 2.21. The molecule has 1 heterocycles. The van der Waals surface area contributed by atoms with Gasteiger partial charge in [0.15, 0.2) is 0 Å². The van der Waals surface area contributed by atoms with Crippen LogP contribution < -0.4 is 16.0 Å². The minimum atomic E-state index is -0.128. The lowest BCUT2D eigenvalue weighted by molar-refractivity contribution is 0.414. The van der Waals surface area contributed by atoms with Crippen LogP contribution in [0, 0.1) is 6.92 Å². The van der Waals surface area contributed by atoms with E-state index in [2.05, 4.69) is 5.10 Å². The van der Waals surface area contributed by atoms with E-state index < -0.39 is 0 Å². The van der Waals surface area contributed by atoms with Crippen LogP contribution in [-0.4, -0.2) is 16.9 Å². The van der Waals surface area contributed by atoms with Gasteiger partial charge in [0.1, 0.15) is 5.75 Å². The van der Waals surface area contributed by atoms with Gasteiger partial charge < -0.3 is 10.5 Å². The van der Waals surface area contributed by atoms with Crippen LogP contribution >= 0.6 is 0 Å². The van der Waals surface area contributed by atoms with E-state index in [4.69, 9.17) is 10.5 Å². The molecule has 0 saturated carbocycles. The Morgan fingerprint density at radius 3 is 2.78 bits per heavy atom. The SMILES string of the molecule is COc1cc(N)cc(Cn2ncc(C)cc2=O)c1. The normalized spacial score (nSPS) is 10.3. The molecule has 5 heteroatoms. The molecule has 94 valence electrons. The van der Waals surface area contributed by atoms with Crippen LogP contribution in [0.2, 0.25) is 0 Å². The Bertz CT molecular complexity index is 620. The Labute approximate surface area is 105 Å². The monoisotopic (exact) mass is 245 g/mol. The van der Waals surface area contributed by atoms with Gasteiger partial charge in [-0.2, -0.15) is 5.10 Å². The third-order valence-corrected chi connectivity index (χ3v) is 2.56. The predicted molar refractivity (Wildman–Crippen MR) is 69.7 cm³/mol. The van der Waals surface area contributed by atoms with Crippen molar-refractivity contribution in [2.75, 3.05) is 12.8 Å². The number of aromatic nitrogens is 2. The summed E-state index contributed by atoms with van der Waals surface area (Å²) in [5.41, 5.74) is 7.96. The van der Waals surface area contributed by atoms with Gasteiger partial charge in [0.25, 0.3) is 5.56 Å². The molecular formula is C13H15N3O2. The molecule has 0 fully saturated rings. The number of nitrogens with two attached hydrogens (primary N) is 1. The minimum absolute atomic E-state index is 0.128. The molecule has 0 atom stereocenters. The van der Waals surface area contributed by atoms with Crippen LogP contribution in [0.3, 0.4) is 0 Å². The van der Waals surface area contributed by atoms with Gasteiger partial charge in [0, 0.05) is 17.8 Å². The average molecular weight is 245 g/mol.